The van der Waals surface area contributed by atoms with Gasteiger partial charge in [0.25, 0.3) is 0 Å². The lowest BCUT2D eigenvalue weighted by Crippen LogP contribution is -2.34. The van der Waals surface area contributed by atoms with Gasteiger partial charge >= 0.3 is 11.3 Å². The van der Waals surface area contributed by atoms with Crippen molar-refractivity contribution in [1.82, 2.24) is 19.8 Å². The number of nitrogens with zero attached hydrogens (tertiary/aromatic N) is 4. The highest BCUT2D eigenvalue weighted by atomic mass is 35.5. The van der Waals surface area contributed by atoms with Gasteiger partial charge in [0, 0.05) is 37.2 Å². The fourth-order valence-corrected chi connectivity index (χ4v) is 4.56. The van der Waals surface area contributed by atoms with Gasteiger partial charge in [0.05, 0.1) is 19.4 Å². The van der Waals surface area contributed by atoms with Crippen molar-refractivity contribution in [1.29, 1.82) is 0 Å². The minimum Gasteiger partial charge on any atom is -0.379 e. The summed E-state index contributed by atoms with van der Waals surface area (Å²) in [5.74, 6) is -1.01. The Morgan fingerprint density at radius 1 is 1.36 bits per heavy atom. The highest BCUT2D eigenvalue weighted by molar-refractivity contribution is 7.59. The molecule has 1 aliphatic heterocycles. The van der Waals surface area contributed by atoms with E-state index in [9.17, 15) is 13.3 Å². The first kappa shape index (κ1) is 18.4. The second kappa shape index (κ2) is 7.07. The van der Waals surface area contributed by atoms with Gasteiger partial charge in [0.1, 0.15) is 0 Å². The van der Waals surface area contributed by atoms with Crippen LogP contribution < -0.4 is 0 Å². The maximum Gasteiger partial charge on any atom is 0.400 e. The molecular formula is C14H16ClF2N4O3P. The summed E-state index contributed by atoms with van der Waals surface area (Å²) in [6.45, 7) is 4.11. The molecule has 3 heterocycles. The summed E-state index contributed by atoms with van der Waals surface area (Å²) in [6.07, 6.45) is 1.74. The molecule has 0 aliphatic carbocycles. The molecule has 2 aromatic rings. The molecule has 1 unspecified atom stereocenters. The maximum absolute atomic E-state index is 12.9. The van der Waals surface area contributed by atoms with E-state index in [4.69, 9.17) is 16.3 Å². The highest BCUT2D eigenvalue weighted by Crippen LogP contribution is 2.48. The van der Waals surface area contributed by atoms with Crippen LogP contribution in [0, 0.1) is 0 Å². The van der Waals surface area contributed by atoms with Gasteiger partial charge in [-0.25, -0.2) is 4.67 Å². The average molecular weight is 393 g/mol. The Labute approximate surface area is 147 Å². The molecule has 11 heteroatoms. The molecule has 0 N–H and O–H groups in total. The van der Waals surface area contributed by atoms with Crippen molar-refractivity contribution in [2.45, 2.75) is 11.5 Å². The van der Waals surface area contributed by atoms with Gasteiger partial charge in [-0.15, -0.1) is 0 Å². The fourth-order valence-electron chi connectivity index (χ4n) is 2.48. The lowest BCUT2D eigenvalue weighted by molar-refractivity contribution is 0.0551. The molecule has 0 bridgehead atoms. The first-order chi connectivity index (χ1) is 11.8. The van der Waals surface area contributed by atoms with Crippen LogP contribution in [0.2, 0.25) is 0 Å². The van der Waals surface area contributed by atoms with Crippen molar-refractivity contribution in [2.24, 2.45) is 0 Å². The Morgan fingerprint density at radius 3 is 2.64 bits per heavy atom. The Bertz CT molecular complexity index is 775. The predicted molar refractivity (Wildman–Crippen MR) is 86.9 cm³/mol. The van der Waals surface area contributed by atoms with Crippen LogP contribution in [-0.2, 0) is 20.8 Å². The first-order valence-corrected chi connectivity index (χ1v) is 10.2. The van der Waals surface area contributed by atoms with Crippen LogP contribution in [-0.4, -0.2) is 52.8 Å². The number of halogens is 3. The third kappa shape index (κ3) is 4.41. The van der Waals surface area contributed by atoms with Crippen LogP contribution in [0.4, 0.5) is 8.78 Å². The zero-order valence-electron chi connectivity index (χ0n) is 13.4. The first-order valence-electron chi connectivity index (χ1n) is 7.52. The molecule has 7 nitrogen and oxygen atoms in total. The second-order valence-electron chi connectivity index (χ2n) is 5.73. The monoisotopic (exact) mass is 392 g/mol. The molecule has 1 fully saturated rings. The van der Waals surface area contributed by atoms with Crippen molar-refractivity contribution < 1.29 is 22.6 Å². The maximum atomic E-state index is 12.9. The fraction of sp³-hybridized carbons (Fsp3) is 0.500. The normalized spacial score (nSPS) is 18.9. The molecule has 0 amide bonds. The zero-order chi connectivity index (χ0) is 18.1. The van der Waals surface area contributed by atoms with Gasteiger partial charge in [0.2, 0.25) is 5.82 Å². The van der Waals surface area contributed by atoms with E-state index in [-0.39, 0.29) is 5.82 Å². The number of aromatic nitrogens is 3. The Balaban J connectivity index is 1.72. The lowest BCUT2D eigenvalue weighted by Gasteiger charge is -2.32. The van der Waals surface area contributed by atoms with Crippen molar-refractivity contribution in [3.8, 4) is 11.4 Å². The van der Waals surface area contributed by atoms with E-state index in [1.165, 1.54) is 6.20 Å². The molecule has 3 rings (SSSR count). The number of morpholine rings is 1. The number of hydrogen-bond acceptors (Lipinski definition) is 6. The molecular weight excluding hydrogens is 377 g/mol. The summed E-state index contributed by atoms with van der Waals surface area (Å²) >= 11 is 4.84. The van der Waals surface area contributed by atoms with E-state index in [1.54, 1.807) is 18.8 Å². The van der Waals surface area contributed by atoms with Gasteiger partial charge in [-0.2, -0.15) is 13.8 Å². The molecule has 1 atom stereocenters. The SMILES string of the molecule is CP(=O)(Cc1ccc(-c2noc(C(F)(F)Cl)n2)cn1)N1CCOCC1. The Hall–Kier alpha value is -1.41. The lowest BCUT2D eigenvalue weighted by atomic mass is 10.2. The highest BCUT2D eigenvalue weighted by Gasteiger charge is 2.35. The summed E-state index contributed by atoms with van der Waals surface area (Å²) in [7, 11) is -2.57. The second-order valence-corrected chi connectivity index (χ2v) is 9.19. The van der Waals surface area contributed by atoms with Gasteiger partial charge in [-0.1, -0.05) is 5.16 Å². The van der Waals surface area contributed by atoms with E-state index >= 15 is 0 Å². The molecule has 2 aromatic heterocycles. The third-order valence-electron chi connectivity index (χ3n) is 3.79. The predicted octanol–water partition coefficient (Wildman–Crippen LogP) is 3.16. The molecule has 1 saturated heterocycles. The van der Waals surface area contributed by atoms with Crippen molar-refractivity contribution in [3.63, 3.8) is 0 Å². The number of rotatable bonds is 5. The van der Waals surface area contributed by atoms with E-state index in [1.807, 2.05) is 4.67 Å². The quantitative estimate of drug-likeness (QED) is 0.571. The molecule has 25 heavy (non-hydrogen) atoms. The van der Waals surface area contributed by atoms with Crippen LogP contribution >= 0.6 is 18.9 Å². The summed E-state index contributed by atoms with van der Waals surface area (Å²) in [6, 6.07) is 3.28. The Kier molecular flexibility index (Phi) is 5.20. The molecule has 0 aromatic carbocycles. The van der Waals surface area contributed by atoms with Gasteiger partial charge in [-0.3, -0.25) is 4.98 Å². The third-order valence-corrected chi connectivity index (χ3v) is 6.46. The minimum absolute atomic E-state index is 0.0396. The molecule has 136 valence electrons. The molecule has 0 radical (unpaired) electrons. The van der Waals surface area contributed by atoms with Crippen LogP contribution in [0.5, 0.6) is 0 Å². The summed E-state index contributed by atoms with van der Waals surface area (Å²) in [5.41, 5.74) is 1.03. The Morgan fingerprint density at radius 2 is 2.08 bits per heavy atom. The van der Waals surface area contributed by atoms with Crippen LogP contribution in [0.1, 0.15) is 11.6 Å². The number of ether oxygens (including phenoxy) is 1. The average Bonchev–Trinajstić information content (AvgIpc) is 3.06. The molecule has 0 saturated carbocycles. The minimum atomic E-state index is -3.72. The van der Waals surface area contributed by atoms with Crippen LogP contribution in [0.3, 0.4) is 0 Å². The van der Waals surface area contributed by atoms with E-state index in [0.29, 0.717) is 43.7 Å². The standard InChI is InChI=1S/C14H16ClF2N4O3P/c1-25(22,21-4-6-23-7-5-21)9-11-3-2-10(8-18-11)12-19-13(24-20-12)14(15,16)17/h2-3,8H,4-7,9H2,1H3. The van der Waals surface area contributed by atoms with E-state index in [2.05, 4.69) is 19.6 Å². The molecule has 0 spiro atoms. The van der Waals surface area contributed by atoms with E-state index in [0.717, 1.165) is 0 Å². The van der Waals surface area contributed by atoms with Crippen molar-refractivity contribution in [2.75, 3.05) is 33.0 Å². The smallest absolute Gasteiger partial charge is 0.379 e. The van der Waals surface area contributed by atoms with Gasteiger partial charge in [0.15, 0.2) is 7.29 Å². The zero-order valence-corrected chi connectivity index (χ0v) is 15.0. The van der Waals surface area contributed by atoms with E-state index < -0.39 is 18.6 Å². The van der Waals surface area contributed by atoms with Gasteiger partial charge in [-0.05, 0) is 23.7 Å². The number of pyridine rings is 1. The number of alkyl halides is 3. The summed E-state index contributed by atoms with van der Waals surface area (Å²) < 4.78 is 50.4. The number of hydrogen-bond donors (Lipinski definition) is 0. The van der Waals surface area contributed by atoms with Crippen LogP contribution in [0.25, 0.3) is 11.4 Å². The summed E-state index contributed by atoms with van der Waals surface area (Å²) in [5, 5.41) is -0.254. The van der Waals surface area contributed by atoms with Gasteiger partial charge < -0.3 is 13.8 Å². The van der Waals surface area contributed by atoms with Crippen molar-refractivity contribution >= 4 is 18.9 Å². The van der Waals surface area contributed by atoms with Crippen LogP contribution in [0.15, 0.2) is 22.9 Å². The summed E-state index contributed by atoms with van der Waals surface area (Å²) in [4.78, 5) is 7.79. The van der Waals surface area contributed by atoms with Crippen molar-refractivity contribution in [3.05, 3.63) is 29.9 Å². The molecule has 1 aliphatic rings. The largest absolute Gasteiger partial charge is 0.400 e. The topological polar surface area (TPSA) is 81.3 Å².